The van der Waals surface area contributed by atoms with Gasteiger partial charge in [0.15, 0.2) is 0 Å². The Hall–Kier alpha value is -1.35. The molecule has 1 aromatic rings. The lowest BCUT2D eigenvalue weighted by Gasteiger charge is -2.18. The van der Waals surface area contributed by atoms with Crippen molar-refractivity contribution in [2.24, 2.45) is 5.73 Å². The molecule has 0 saturated heterocycles. The average molecular weight is 207 g/mol. The third-order valence-corrected chi connectivity index (χ3v) is 2.42. The number of benzene rings is 1. The van der Waals surface area contributed by atoms with Gasteiger partial charge in [-0.05, 0) is 12.5 Å². The van der Waals surface area contributed by atoms with Crippen LogP contribution in [0, 0.1) is 0 Å². The highest BCUT2D eigenvalue weighted by Crippen LogP contribution is 2.18. The molecule has 0 aliphatic carbocycles. The van der Waals surface area contributed by atoms with Crippen LogP contribution in [0.25, 0.3) is 0 Å². The van der Waals surface area contributed by atoms with Gasteiger partial charge in [0.1, 0.15) is 6.04 Å². The summed E-state index contributed by atoms with van der Waals surface area (Å²) in [6, 6.07) is 9.14. The van der Waals surface area contributed by atoms with Crippen molar-refractivity contribution in [2.75, 3.05) is 6.61 Å². The Morgan fingerprint density at radius 2 is 2.00 bits per heavy atom. The zero-order valence-corrected chi connectivity index (χ0v) is 9.14. The molecule has 0 amide bonds. The standard InChI is InChI=1S/C12H17NO2/c1-3-15-12(14)11(13)9(2)10-7-5-4-6-8-10/h4-9,11H,3,13H2,1-2H3/t9?,11-/m0/s1. The first-order valence-electron chi connectivity index (χ1n) is 5.14. The Bertz CT molecular complexity index is 311. The summed E-state index contributed by atoms with van der Waals surface area (Å²) < 4.78 is 4.88. The van der Waals surface area contributed by atoms with E-state index >= 15 is 0 Å². The summed E-state index contributed by atoms with van der Waals surface area (Å²) in [4.78, 5) is 11.4. The summed E-state index contributed by atoms with van der Waals surface area (Å²) in [6.45, 7) is 4.07. The summed E-state index contributed by atoms with van der Waals surface area (Å²) in [7, 11) is 0. The van der Waals surface area contributed by atoms with Crippen LogP contribution >= 0.6 is 0 Å². The Labute approximate surface area is 90.2 Å². The van der Waals surface area contributed by atoms with E-state index in [1.807, 2.05) is 37.3 Å². The molecule has 0 aliphatic heterocycles. The molecule has 0 fully saturated rings. The van der Waals surface area contributed by atoms with E-state index in [9.17, 15) is 4.79 Å². The Morgan fingerprint density at radius 1 is 1.40 bits per heavy atom. The SMILES string of the molecule is CCOC(=O)[C@@H](N)C(C)c1ccccc1. The number of ether oxygens (including phenoxy) is 1. The second kappa shape index (κ2) is 5.51. The van der Waals surface area contributed by atoms with Crippen LogP contribution in [0.4, 0.5) is 0 Å². The third kappa shape index (κ3) is 3.06. The number of esters is 1. The molecule has 0 bridgehead atoms. The quantitative estimate of drug-likeness (QED) is 0.764. The first kappa shape index (κ1) is 11.7. The van der Waals surface area contributed by atoms with Crippen LogP contribution in [0.2, 0.25) is 0 Å². The second-order valence-electron chi connectivity index (χ2n) is 3.48. The predicted octanol–water partition coefficient (Wildman–Crippen LogP) is 1.68. The first-order chi connectivity index (χ1) is 7.16. The number of rotatable bonds is 4. The van der Waals surface area contributed by atoms with E-state index < -0.39 is 6.04 Å². The molecular formula is C12H17NO2. The highest BCUT2D eigenvalue weighted by atomic mass is 16.5. The Morgan fingerprint density at radius 3 is 2.53 bits per heavy atom. The maximum absolute atomic E-state index is 11.4. The number of hydrogen-bond donors (Lipinski definition) is 1. The van der Waals surface area contributed by atoms with Crippen molar-refractivity contribution in [2.45, 2.75) is 25.8 Å². The highest BCUT2D eigenvalue weighted by Gasteiger charge is 2.22. The smallest absolute Gasteiger partial charge is 0.323 e. The molecular weight excluding hydrogens is 190 g/mol. The maximum atomic E-state index is 11.4. The van der Waals surface area contributed by atoms with E-state index in [1.54, 1.807) is 6.92 Å². The Balaban J connectivity index is 2.68. The lowest BCUT2D eigenvalue weighted by atomic mass is 9.94. The van der Waals surface area contributed by atoms with Crippen LogP contribution in [0.15, 0.2) is 30.3 Å². The topological polar surface area (TPSA) is 52.3 Å². The van der Waals surface area contributed by atoms with Crippen LogP contribution in [-0.2, 0) is 9.53 Å². The minimum Gasteiger partial charge on any atom is -0.465 e. The molecule has 0 saturated carbocycles. The molecule has 0 heterocycles. The van der Waals surface area contributed by atoms with E-state index in [1.165, 1.54) is 0 Å². The van der Waals surface area contributed by atoms with Gasteiger partial charge in [-0.25, -0.2) is 0 Å². The van der Waals surface area contributed by atoms with Crippen LogP contribution in [0.5, 0.6) is 0 Å². The highest BCUT2D eigenvalue weighted by molar-refractivity contribution is 5.76. The van der Waals surface area contributed by atoms with Gasteiger partial charge in [0.25, 0.3) is 0 Å². The fourth-order valence-corrected chi connectivity index (χ4v) is 1.41. The summed E-state index contributed by atoms with van der Waals surface area (Å²) in [5, 5.41) is 0. The minimum absolute atomic E-state index is 0.0229. The van der Waals surface area contributed by atoms with Gasteiger partial charge in [-0.15, -0.1) is 0 Å². The van der Waals surface area contributed by atoms with Crippen molar-refractivity contribution < 1.29 is 9.53 Å². The molecule has 1 rings (SSSR count). The van der Waals surface area contributed by atoms with Gasteiger partial charge in [-0.1, -0.05) is 37.3 Å². The van der Waals surface area contributed by atoms with Crippen molar-refractivity contribution in [3.8, 4) is 0 Å². The van der Waals surface area contributed by atoms with Crippen LogP contribution in [0.1, 0.15) is 25.3 Å². The van der Waals surface area contributed by atoms with Crippen LogP contribution < -0.4 is 5.73 Å². The van der Waals surface area contributed by atoms with E-state index in [-0.39, 0.29) is 11.9 Å². The largest absolute Gasteiger partial charge is 0.465 e. The molecule has 1 unspecified atom stereocenters. The minimum atomic E-state index is -0.590. The fourth-order valence-electron chi connectivity index (χ4n) is 1.41. The average Bonchev–Trinajstić information content (AvgIpc) is 2.28. The summed E-state index contributed by atoms with van der Waals surface area (Å²) in [5.74, 6) is -0.362. The molecule has 1 aromatic carbocycles. The summed E-state index contributed by atoms with van der Waals surface area (Å²) >= 11 is 0. The summed E-state index contributed by atoms with van der Waals surface area (Å²) in [5.41, 5.74) is 6.86. The van der Waals surface area contributed by atoms with Crippen LogP contribution in [-0.4, -0.2) is 18.6 Å². The Kier molecular flexibility index (Phi) is 4.31. The second-order valence-corrected chi connectivity index (χ2v) is 3.48. The van der Waals surface area contributed by atoms with Gasteiger partial charge in [-0.3, -0.25) is 4.79 Å². The molecule has 82 valence electrons. The normalized spacial score (nSPS) is 14.3. The van der Waals surface area contributed by atoms with E-state index in [4.69, 9.17) is 10.5 Å². The fraction of sp³-hybridized carbons (Fsp3) is 0.417. The van der Waals surface area contributed by atoms with Gasteiger partial charge < -0.3 is 10.5 Å². The van der Waals surface area contributed by atoms with Crippen molar-refractivity contribution in [3.05, 3.63) is 35.9 Å². The molecule has 2 N–H and O–H groups in total. The predicted molar refractivity (Wildman–Crippen MR) is 59.5 cm³/mol. The van der Waals surface area contributed by atoms with E-state index in [0.717, 1.165) is 5.56 Å². The summed E-state index contributed by atoms with van der Waals surface area (Å²) in [6.07, 6.45) is 0. The van der Waals surface area contributed by atoms with Crippen molar-refractivity contribution in [3.63, 3.8) is 0 Å². The van der Waals surface area contributed by atoms with E-state index in [2.05, 4.69) is 0 Å². The molecule has 3 heteroatoms. The number of nitrogens with two attached hydrogens (primary N) is 1. The molecule has 0 aromatic heterocycles. The maximum Gasteiger partial charge on any atom is 0.323 e. The number of carbonyl (C=O) groups is 1. The van der Waals surface area contributed by atoms with Gasteiger partial charge in [0.05, 0.1) is 6.61 Å². The van der Waals surface area contributed by atoms with Gasteiger partial charge in [-0.2, -0.15) is 0 Å². The lowest BCUT2D eigenvalue weighted by molar-refractivity contribution is -0.145. The number of hydrogen-bond acceptors (Lipinski definition) is 3. The lowest BCUT2D eigenvalue weighted by Crippen LogP contribution is -2.37. The third-order valence-electron chi connectivity index (χ3n) is 2.42. The zero-order valence-electron chi connectivity index (χ0n) is 9.14. The van der Waals surface area contributed by atoms with Gasteiger partial charge in [0.2, 0.25) is 0 Å². The van der Waals surface area contributed by atoms with Crippen molar-refractivity contribution >= 4 is 5.97 Å². The number of carbonyl (C=O) groups excluding carboxylic acids is 1. The molecule has 0 aliphatic rings. The van der Waals surface area contributed by atoms with Crippen LogP contribution in [0.3, 0.4) is 0 Å². The molecule has 2 atom stereocenters. The molecule has 3 nitrogen and oxygen atoms in total. The van der Waals surface area contributed by atoms with Crippen molar-refractivity contribution in [1.82, 2.24) is 0 Å². The molecule has 0 spiro atoms. The zero-order chi connectivity index (χ0) is 11.3. The molecule has 0 radical (unpaired) electrons. The van der Waals surface area contributed by atoms with Gasteiger partial charge >= 0.3 is 5.97 Å². The molecule has 15 heavy (non-hydrogen) atoms. The monoisotopic (exact) mass is 207 g/mol. The first-order valence-corrected chi connectivity index (χ1v) is 5.14. The van der Waals surface area contributed by atoms with Gasteiger partial charge in [0, 0.05) is 5.92 Å². The van der Waals surface area contributed by atoms with Crippen molar-refractivity contribution in [1.29, 1.82) is 0 Å². The van der Waals surface area contributed by atoms with E-state index in [0.29, 0.717) is 6.61 Å².